The Kier molecular flexibility index (Phi) is 5.75. The summed E-state index contributed by atoms with van der Waals surface area (Å²) >= 11 is 2.57. The van der Waals surface area contributed by atoms with Gasteiger partial charge in [-0.2, -0.15) is 0 Å². The first kappa shape index (κ1) is 21.0. The molecule has 0 spiro atoms. The Hall–Kier alpha value is -3.24. The number of rotatable bonds is 7. The molecule has 158 valence electrons. The molecular weight excluding hydrogens is 438 g/mol. The third kappa shape index (κ3) is 4.17. The van der Waals surface area contributed by atoms with Gasteiger partial charge in [0.15, 0.2) is 10.9 Å². The molecule has 1 aromatic carbocycles. The molecule has 3 aromatic heterocycles. The molecule has 0 atom stereocenters. The van der Waals surface area contributed by atoms with Crippen molar-refractivity contribution in [2.24, 2.45) is 0 Å². The SMILES string of the molecule is Cc1sc2nc(SCC(=O)c3cccc([N+](=O)[O-])c3)n(Cc3ccco3)c(=O)c2c1C. The summed E-state index contributed by atoms with van der Waals surface area (Å²) in [5, 5.41) is 11.9. The van der Waals surface area contributed by atoms with E-state index in [-0.39, 0.29) is 34.9 Å². The molecule has 0 aliphatic heterocycles. The van der Waals surface area contributed by atoms with Crippen LogP contribution >= 0.6 is 23.1 Å². The summed E-state index contributed by atoms with van der Waals surface area (Å²) in [5.74, 6) is 0.298. The highest BCUT2D eigenvalue weighted by molar-refractivity contribution is 7.99. The van der Waals surface area contributed by atoms with E-state index >= 15 is 0 Å². The lowest BCUT2D eigenvalue weighted by Crippen LogP contribution is -2.24. The summed E-state index contributed by atoms with van der Waals surface area (Å²) in [6.07, 6.45) is 1.53. The van der Waals surface area contributed by atoms with E-state index in [0.29, 0.717) is 21.1 Å². The molecule has 0 aliphatic carbocycles. The monoisotopic (exact) mass is 455 g/mol. The molecule has 3 heterocycles. The van der Waals surface area contributed by atoms with Gasteiger partial charge >= 0.3 is 0 Å². The lowest BCUT2D eigenvalue weighted by atomic mass is 10.1. The van der Waals surface area contributed by atoms with Crippen LogP contribution in [0.5, 0.6) is 0 Å². The van der Waals surface area contributed by atoms with Gasteiger partial charge in [0.25, 0.3) is 11.2 Å². The van der Waals surface area contributed by atoms with E-state index in [2.05, 4.69) is 4.98 Å². The molecule has 0 fully saturated rings. The zero-order chi connectivity index (χ0) is 22.1. The maximum atomic E-state index is 13.3. The van der Waals surface area contributed by atoms with Gasteiger partial charge in [-0.3, -0.25) is 24.3 Å². The molecule has 8 nitrogen and oxygen atoms in total. The number of nitro benzene ring substituents is 1. The van der Waals surface area contributed by atoms with Crippen molar-refractivity contribution in [3.05, 3.63) is 84.9 Å². The zero-order valence-electron chi connectivity index (χ0n) is 16.7. The van der Waals surface area contributed by atoms with Crippen LogP contribution in [0.1, 0.15) is 26.6 Å². The van der Waals surface area contributed by atoms with Crippen LogP contribution in [0.2, 0.25) is 0 Å². The number of aromatic nitrogens is 2. The van der Waals surface area contributed by atoms with Gasteiger partial charge in [0.05, 0.1) is 28.9 Å². The summed E-state index contributed by atoms with van der Waals surface area (Å²) in [7, 11) is 0. The number of nitrogens with zero attached hydrogens (tertiary/aromatic N) is 3. The first-order chi connectivity index (χ1) is 14.8. The Morgan fingerprint density at radius 2 is 2.10 bits per heavy atom. The van der Waals surface area contributed by atoms with Crippen LogP contribution in [-0.2, 0) is 6.54 Å². The summed E-state index contributed by atoms with van der Waals surface area (Å²) in [6.45, 7) is 4.03. The van der Waals surface area contributed by atoms with Crippen LogP contribution in [0, 0.1) is 24.0 Å². The van der Waals surface area contributed by atoms with Crippen LogP contribution < -0.4 is 5.56 Å². The first-order valence-corrected chi connectivity index (χ1v) is 11.1. The second-order valence-electron chi connectivity index (χ2n) is 6.85. The Bertz CT molecular complexity index is 1360. The van der Waals surface area contributed by atoms with E-state index in [0.717, 1.165) is 22.2 Å². The van der Waals surface area contributed by atoms with E-state index in [4.69, 9.17) is 4.42 Å². The van der Waals surface area contributed by atoms with Crippen molar-refractivity contribution in [1.82, 2.24) is 9.55 Å². The number of non-ortho nitro benzene ring substituents is 1. The maximum Gasteiger partial charge on any atom is 0.270 e. The number of ketones is 1. The molecule has 0 saturated carbocycles. The smallest absolute Gasteiger partial charge is 0.270 e. The van der Waals surface area contributed by atoms with Crippen molar-refractivity contribution in [3.63, 3.8) is 0 Å². The van der Waals surface area contributed by atoms with E-state index in [1.54, 1.807) is 12.1 Å². The third-order valence-corrected chi connectivity index (χ3v) is 6.94. The van der Waals surface area contributed by atoms with Crippen molar-refractivity contribution in [3.8, 4) is 0 Å². The van der Waals surface area contributed by atoms with Gasteiger partial charge in [0, 0.05) is 22.6 Å². The molecule has 4 aromatic rings. The molecule has 4 rings (SSSR count). The summed E-state index contributed by atoms with van der Waals surface area (Å²) in [4.78, 5) is 42.6. The van der Waals surface area contributed by atoms with Gasteiger partial charge in [-0.05, 0) is 31.5 Å². The minimum Gasteiger partial charge on any atom is -0.467 e. The Morgan fingerprint density at radius 3 is 2.81 bits per heavy atom. The second kappa shape index (κ2) is 8.48. The summed E-state index contributed by atoms with van der Waals surface area (Å²) in [5.41, 5.74) is 0.809. The molecule has 0 amide bonds. The zero-order valence-corrected chi connectivity index (χ0v) is 18.3. The van der Waals surface area contributed by atoms with Gasteiger partial charge in [0.2, 0.25) is 0 Å². The number of thioether (sulfide) groups is 1. The molecule has 10 heteroatoms. The normalized spacial score (nSPS) is 11.2. The summed E-state index contributed by atoms with van der Waals surface area (Å²) in [6, 6.07) is 9.11. The molecule has 0 N–H and O–H groups in total. The average Bonchev–Trinajstić information content (AvgIpc) is 3.36. The van der Waals surface area contributed by atoms with Crippen LogP contribution in [0.25, 0.3) is 10.2 Å². The number of carbonyl (C=O) groups is 1. The molecule has 0 unspecified atom stereocenters. The van der Waals surface area contributed by atoms with Gasteiger partial charge in [-0.1, -0.05) is 23.9 Å². The van der Waals surface area contributed by atoms with E-state index in [9.17, 15) is 19.7 Å². The van der Waals surface area contributed by atoms with Gasteiger partial charge in [0.1, 0.15) is 10.6 Å². The van der Waals surface area contributed by atoms with Gasteiger partial charge < -0.3 is 4.42 Å². The molecular formula is C21H17N3O5S2. The topological polar surface area (TPSA) is 108 Å². The second-order valence-corrected chi connectivity index (χ2v) is 8.99. The standard InChI is InChI=1S/C21H17N3O5S2/c1-12-13(2)31-19-18(12)20(26)23(10-16-7-4-8-29-16)21(22-19)30-11-17(25)14-5-3-6-15(9-14)24(27)28/h3-9H,10-11H2,1-2H3. The highest BCUT2D eigenvalue weighted by Gasteiger charge is 2.19. The van der Waals surface area contributed by atoms with Crippen molar-refractivity contribution < 1.29 is 14.1 Å². The fourth-order valence-corrected chi connectivity index (χ4v) is 5.09. The number of aryl methyl sites for hydroxylation is 2. The van der Waals surface area contributed by atoms with Crippen LogP contribution in [0.3, 0.4) is 0 Å². The highest BCUT2D eigenvalue weighted by atomic mass is 32.2. The number of hydrogen-bond donors (Lipinski definition) is 0. The minimum absolute atomic E-state index is 0.0133. The highest BCUT2D eigenvalue weighted by Crippen LogP contribution is 2.29. The lowest BCUT2D eigenvalue weighted by molar-refractivity contribution is -0.384. The Balaban J connectivity index is 1.69. The number of thiophene rings is 1. The predicted octanol–water partition coefficient (Wildman–Crippen LogP) is 4.60. The Morgan fingerprint density at radius 1 is 1.29 bits per heavy atom. The summed E-state index contributed by atoms with van der Waals surface area (Å²) < 4.78 is 6.91. The fourth-order valence-electron chi connectivity index (χ4n) is 3.12. The predicted molar refractivity (Wildman–Crippen MR) is 119 cm³/mol. The van der Waals surface area contributed by atoms with Gasteiger partial charge in [-0.15, -0.1) is 11.3 Å². The molecule has 0 aliphatic rings. The van der Waals surface area contributed by atoms with Crippen molar-refractivity contribution in [2.75, 3.05) is 5.75 Å². The number of nitro groups is 1. The van der Waals surface area contributed by atoms with Crippen LogP contribution in [0.15, 0.2) is 57.0 Å². The number of benzene rings is 1. The van der Waals surface area contributed by atoms with E-state index in [1.807, 2.05) is 13.8 Å². The number of carbonyl (C=O) groups excluding carboxylic acids is 1. The lowest BCUT2D eigenvalue weighted by Gasteiger charge is -2.11. The number of furan rings is 1. The quantitative estimate of drug-likeness (QED) is 0.132. The van der Waals surface area contributed by atoms with Crippen molar-refractivity contribution in [2.45, 2.75) is 25.5 Å². The third-order valence-electron chi connectivity index (χ3n) is 4.86. The molecule has 0 saturated heterocycles. The maximum absolute atomic E-state index is 13.3. The average molecular weight is 456 g/mol. The largest absolute Gasteiger partial charge is 0.467 e. The minimum atomic E-state index is -0.540. The van der Waals surface area contributed by atoms with E-state index < -0.39 is 4.92 Å². The van der Waals surface area contributed by atoms with Crippen molar-refractivity contribution >= 4 is 44.8 Å². The van der Waals surface area contributed by atoms with Crippen LogP contribution in [0.4, 0.5) is 5.69 Å². The number of fused-ring (bicyclic) bond motifs is 1. The van der Waals surface area contributed by atoms with Crippen molar-refractivity contribution in [1.29, 1.82) is 0 Å². The fraction of sp³-hybridized carbons (Fsp3) is 0.190. The van der Waals surface area contributed by atoms with Crippen LogP contribution in [-0.4, -0.2) is 26.0 Å². The molecule has 0 radical (unpaired) electrons. The first-order valence-electron chi connectivity index (χ1n) is 9.28. The van der Waals surface area contributed by atoms with Gasteiger partial charge in [-0.25, -0.2) is 4.98 Å². The van der Waals surface area contributed by atoms with E-state index in [1.165, 1.54) is 46.4 Å². The number of Topliss-reactive ketones (excluding diaryl/α,β-unsaturated/α-hetero) is 1. The Labute approximate surface area is 184 Å². The molecule has 31 heavy (non-hydrogen) atoms. The number of hydrogen-bond acceptors (Lipinski definition) is 8. The molecule has 0 bridgehead atoms.